The molecule has 1 aliphatic heterocycles. The normalized spacial score (nSPS) is 16.2. The highest BCUT2D eigenvalue weighted by molar-refractivity contribution is 6.01. The molecule has 1 unspecified atom stereocenters. The monoisotopic (exact) mass is 317 g/mol. The number of aromatic nitrogens is 4. The largest absolute Gasteiger partial charge is 0.309 e. The van der Waals surface area contributed by atoms with Crippen LogP contribution in [0.15, 0.2) is 18.2 Å². The summed E-state index contributed by atoms with van der Waals surface area (Å²) in [5.41, 5.74) is 0.714. The minimum atomic E-state index is -1.83. The quantitative estimate of drug-likeness (QED) is 0.920. The number of hydrogen-bond donors (Lipinski definition) is 1. The van der Waals surface area contributed by atoms with E-state index >= 15 is 0 Å². The lowest BCUT2D eigenvalue weighted by Gasteiger charge is -2.26. The number of fused-ring (bicyclic) bond motifs is 1. The van der Waals surface area contributed by atoms with E-state index in [-0.39, 0.29) is 6.42 Å². The van der Waals surface area contributed by atoms with Gasteiger partial charge in [-0.05, 0) is 36.6 Å². The van der Waals surface area contributed by atoms with Crippen molar-refractivity contribution in [3.8, 4) is 11.4 Å². The highest BCUT2D eigenvalue weighted by atomic mass is 19.1. The Balaban J connectivity index is 1.91. The van der Waals surface area contributed by atoms with Crippen LogP contribution in [0.5, 0.6) is 0 Å². The molecule has 1 atom stereocenters. The Labute approximate surface area is 134 Å². The van der Waals surface area contributed by atoms with Gasteiger partial charge in [0.15, 0.2) is 5.67 Å². The number of carbonyl (C=O) groups excluding carboxylic acids is 1. The summed E-state index contributed by atoms with van der Waals surface area (Å²) in [5, 5.41) is 14.0. The lowest BCUT2D eigenvalue weighted by molar-refractivity contribution is -0.129. The van der Waals surface area contributed by atoms with Crippen LogP contribution < -0.4 is 4.90 Å². The van der Waals surface area contributed by atoms with Crippen molar-refractivity contribution in [3.63, 3.8) is 0 Å². The number of halogens is 1. The molecule has 1 amide bonds. The zero-order chi connectivity index (χ0) is 16.4. The lowest BCUT2D eigenvalue weighted by Crippen LogP contribution is -2.43. The summed E-state index contributed by atoms with van der Waals surface area (Å²) in [6, 6.07) is 5.57. The van der Waals surface area contributed by atoms with Gasteiger partial charge in [-0.15, -0.1) is 10.2 Å². The van der Waals surface area contributed by atoms with Crippen LogP contribution in [0.3, 0.4) is 0 Å². The predicted octanol–water partition coefficient (Wildman–Crippen LogP) is 2.67. The van der Waals surface area contributed by atoms with Crippen molar-refractivity contribution >= 4 is 11.6 Å². The van der Waals surface area contributed by atoms with Crippen LogP contribution in [0.2, 0.25) is 0 Å². The fraction of sp³-hybridized carbons (Fsp3) is 0.500. The average Bonchev–Trinajstić information content (AvgIpc) is 3.21. The number of alkyl halides is 1. The molecule has 1 N–H and O–H groups in total. The standard InChI is InChI=1S/C16H20FN5O/c1-3-4-9-16(2,17)15(23)22-10-8-11-12(6-5-7-13(11)22)14-18-20-21-19-14/h5-7H,3-4,8-10H2,1-2H3,(H,18,19,20,21). The molecule has 122 valence electrons. The minimum absolute atomic E-state index is 0.249. The molecule has 2 aromatic rings. The third-order valence-corrected chi connectivity index (χ3v) is 4.30. The van der Waals surface area contributed by atoms with Crippen LogP contribution in [0, 0.1) is 0 Å². The number of amides is 1. The molecule has 6 nitrogen and oxygen atoms in total. The SMILES string of the molecule is CCCCC(C)(F)C(=O)N1CCc2c(-c3nn[nH]n3)cccc21. The van der Waals surface area contributed by atoms with E-state index < -0.39 is 11.6 Å². The first-order valence-corrected chi connectivity index (χ1v) is 7.91. The van der Waals surface area contributed by atoms with Crippen molar-refractivity contribution in [2.75, 3.05) is 11.4 Å². The van der Waals surface area contributed by atoms with Gasteiger partial charge in [0, 0.05) is 17.8 Å². The van der Waals surface area contributed by atoms with E-state index in [4.69, 9.17) is 0 Å². The smallest absolute Gasteiger partial charge is 0.264 e. The summed E-state index contributed by atoms with van der Waals surface area (Å²) in [4.78, 5) is 14.2. The number of H-pyrrole nitrogens is 1. The molecule has 23 heavy (non-hydrogen) atoms. The molecule has 0 saturated carbocycles. The zero-order valence-electron chi connectivity index (χ0n) is 13.3. The van der Waals surface area contributed by atoms with Gasteiger partial charge >= 0.3 is 0 Å². The number of benzene rings is 1. The second-order valence-corrected chi connectivity index (χ2v) is 6.05. The molecule has 0 bridgehead atoms. The maximum absolute atomic E-state index is 14.8. The highest BCUT2D eigenvalue weighted by Crippen LogP contribution is 2.37. The predicted molar refractivity (Wildman–Crippen MR) is 84.7 cm³/mol. The number of unbranched alkanes of at least 4 members (excludes halogenated alkanes) is 1. The maximum atomic E-state index is 14.8. The minimum Gasteiger partial charge on any atom is -0.309 e. The molecule has 7 heteroatoms. The summed E-state index contributed by atoms with van der Waals surface area (Å²) in [7, 11) is 0. The highest BCUT2D eigenvalue weighted by Gasteiger charge is 2.39. The van der Waals surface area contributed by atoms with Gasteiger partial charge in [0.05, 0.1) is 0 Å². The Kier molecular flexibility index (Phi) is 4.11. The first kappa shape index (κ1) is 15.6. The van der Waals surface area contributed by atoms with E-state index in [1.54, 1.807) is 4.90 Å². The van der Waals surface area contributed by atoms with Crippen LogP contribution in [0.25, 0.3) is 11.4 Å². The zero-order valence-corrected chi connectivity index (χ0v) is 13.3. The van der Waals surface area contributed by atoms with Gasteiger partial charge in [-0.1, -0.05) is 31.9 Å². The second kappa shape index (κ2) is 6.06. The number of anilines is 1. The van der Waals surface area contributed by atoms with Gasteiger partial charge in [-0.25, -0.2) is 4.39 Å². The topological polar surface area (TPSA) is 74.8 Å². The first-order valence-electron chi connectivity index (χ1n) is 7.91. The van der Waals surface area contributed by atoms with Gasteiger partial charge in [-0.3, -0.25) is 4.79 Å². The maximum Gasteiger partial charge on any atom is 0.264 e. The van der Waals surface area contributed by atoms with Gasteiger partial charge in [0.2, 0.25) is 5.82 Å². The van der Waals surface area contributed by atoms with Gasteiger partial charge in [0.1, 0.15) is 0 Å². The molecule has 0 aliphatic carbocycles. The van der Waals surface area contributed by atoms with Crippen molar-refractivity contribution in [2.24, 2.45) is 0 Å². The van der Waals surface area contributed by atoms with Gasteiger partial charge in [0.25, 0.3) is 5.91 Å². The summed E-state index contributed by atoms with van der Waals surface area (Å²) in [5.74, 6) is 0.0279. The van der Waals surface area contributed by atoms with Crippen molar-refractivity contribution in [3.05, 3.63) is 23.8 Å². The van der Waals surface area contributed by atoms with Crippen molar-refractivity contribution in [1.29, 1.82) is 0 Å². The molecular formula is C16H20FN5O. The molecular weight excluding hydrogens is 297 g/mol. The molecule has 1 aromatic heterocycles. The van der Waals surface area contributed by atoms with E-state index in [1.165, 1.54) is 6.92 Å². The Morgan fingerprint density at radius 2 is 2.30 bits per heavy atom. The van der Waals surface area contributed by atoms with E-state index in [9.17, 15) is 9.18 Å². The Hall–Kier alpha value is -2.31. The molecule has 2 heterocycles. The van der Waals surface area contributed by atoms with Crippen LogP contribution in [0.4, 0.5) is 10.1 Å². The van der Waals surface area contributed by atoms with Crippen molar-refractivity contribution < 1.29 is 9.18 Å². The third kappa shape index (κ3) is 2.83. The van der Waals surface area contributed by atoms with Crippen molar-refractivity contribution in [2.45, 2.75) is 45.2 Å². The van der Waals surface area contributed by atoms with E-state index in [2.05, 4.69) is 20.6 Å². The lowest BCUT2D eigenvalue weighted by atomic mass is 9.99. The van der Waals surface area contributed by atoms with E-state index in [0.29, 0.717) is 25.2 Å². The van der Waals surface area contributed by atoms with Crippen LogP contribution in [-0.2, 0) is 11.2 Å². The molecule has 1 aliphatic rings. The fourth-order valence-corrected chi connectivity index (χ4v) is 3.03. The summed E-state index contributed by atoms with van der Waals surface area (Å²) in [6.07, 6.45) is 2.47. The first-order chi connectivity index (χ1) is 11.0. The van der Waals surface area contributed by atoms with Crippen molar-refractivity contribution in [1.82, 2.24) is 20.6 Å². The Morgan fingerprint density at radius 1 is 1.48 bits per heavy atom. The molecule has 0 saturated heterocycles. The average molecular weight is 317 g/mol. The number of carbonyl (C=O) groups is 1. The summed E-state index contributed by atoms with van der Waals surface area (Å²) in [6.45, 7) is 3.85. The number of rotatable bonds is 5. The molecule has 0 radical (unpaired) electrons. The third-order valence-electron chi connectivity index (χ3n) is 4.30. The summed E-state index contributed by atoms with van der Waals surface area (Å²) >= 11 is 0. The molecule has 3 rings (SSSR count). The Morgan fingerprint density at radius 3 is 3.00 bits per heavy atom. The van der Waals surface area contributed by atoms with Gasteiger partial charge < -0.3 is 4.90 Å². The van der Waals surface area contributed by atoms with Gasteiger partial charge in [-0.2, -0.15) is 5.21 Å². The Bertz CT molecular complexity index is 699. The molecule has 1 aromatic carbocycles. The van der Waals surface area contributed by atoms with Crippen LogP contribution in [-0.4, -0.2) is 38.7 Å². The summed E-state index contributed by atoms with van der Waals surface area (Å²) < 4.78 is 14.8. The molecule has 0 fully saturated rings. The number of hydrogen-bond acceptors (Lipinski definition) is 4. The number of tetrazole rings is 1. The van der Waals surface area contributed by atoms with E-state index in [0.717, 1.165) is 23.2 Å². The fourth-order valence-electron chi connectivity index (χ4n) is 3.03. The van der Waals surface area contributed by atoms with Crippen LogP contribution in [0.1, 0.15) is 38.7 Å². The molecule has 0 spiro atoms. The number of nitrogens with zero attached hydrogens (tertiary/aromatic N) is 4. The number of nitrogens with one attached hydrogen (secondary N) is 1. The van der Waals surface area contributed by atoms with Crippen LogP contribution >= 0.6 is 0 Å². The number of aromatic amines is 1. The van der Waals surface area contributed by atoms with E-state index in [1.807, 2.05) is 25.1 Å². The second-order valence-electron chi connectivity index (χ2n) is 6.05.